The lowest BCUT2D eigenvalue weighted by Gasteiger charge is -2.23. The van der Waals surface area contributed by atoms with E-state index in [0.29, 0.717) is 0 Å². The molecule has 2 N–H and O–H groups in total. The Hall–Kier alpha value is -1.39. The van der Waals surface area contributed by atoms with E-state index in [-0.39, 0.29) is 11.9 Å². The molecule has 2 aliphatic rings. The molecule has 0 bridgehead atoms. The maximum Gasteiger partial charge on any atom is 0.251 e. The predicted octanol–water partition coefficient (Wildman–Crippen LogP) is 1.55. The fraction of sp³-hybridized carbons (Fsp3) is 0.588. The van der Waals surface area contributed by atoms with E-state index in [0.717, 1.165) is 31.6 Å². The van der Waals surface area contributed by atoms with Gasteiger partial charge >= 0.3 is 0 Å². The van der Waals surface area contributed by atoms with Crippen molar-refractivity contribution in [3.8, 4) is 0 Å². The molecule has 0 saturated carbocycles. The minimum atomic E-state index is 0.0837. The summed E-state index contributed by atoms with van der Waals surface area (Å²) in [5.41, 5.74) is 3.35. The first kappa shape index (κ1) is 14.5. The minimum Gasteiger partial charge on any atom is -0.348 e. The Morgan fingerprint density at radius 1 is 1.38 bits per heavy atom. The van der Waals surface area contributed by atoms with Crippen LogP contribution in [0.4, 0.5) is 0 Å². The van der Waals surface area contributed by atoms with Crippen molar-refractivity contribution in [3.05, 3.63) is 34.9 Å². The highest BCUT2D eigenvalue weighted by molar-refractivity contribution is 5.96. The first-order chi connectivity index (χ1) is 10.2. The van der Waals surface area contributed by atoms with Crippen LogP contribution < -0.4 is 10.6 Å². The van der Waals surface area contributed by atoms with Gasteiger partial charge in [0.15, 0.2) is 0 Å². The van der Waals surface area contributed by atoms with Crippen molar-refractivity contribution >= 4 is 5.91 Å². The lowest BCUT2D eigenvalue weighted by atomic mass is 9.95. The van der Waals surface area contributed by atoms with E-state index in [2.05, 4.69) is 28.5 Å². The quantitative estimate of drug-likeness (QED) is 0.883. The van der Waals surface area contributed by atoms with Crippen LogP contribution >= 0.6 is 0 Å². The molecule has 0 spiro atoms. The van der Waals surface area contributed by atoms with E-state index in [9.17, 15) is 4.79 Å². The maximum absolute atomic E-state index is 12.6. The van der Waals surface area contributed by atoms with Crippen molar-refractivity contribution in [1.29, 1.82) is 0 Å². The normalized spacial score (nSPS) is 20.0. The van der Waals surface area contributed by atoms with Gasteiger partial charge in [-0.2, -0.15) is 0 Å². The number of carbonyl (C=O) groups is 1. The van der Waals surface area contributed by atoms with Gasteiger partial charge in [0.05, 0.1) is 0 Å². The van der Waals surface area contributed by atoms with Crippen LogP contribution in [0.5, 0.6) is 0 Å². The van der Waals surface area contributed by atoms with Crippen LogP contribution in [0, 0.1) is 0 Å². The highest BCUT2D eigenvalue weighted by Gasteiger charge is 2.20. The number of fused-ring (bicyclic) bond motifs is 1. The predicted molar refractivity (Wildman–Crippen MR) is 84.5 cm³/mol. The Morgan fingerprint density at radius 2 is 2.19 bits per heavy atom. The third-order valence-corrected chi connectivity index (χ3v) is 4.49. The molecule has 0 aromatic heterocycles. The zero-order chi connectivity index (χ0) is 14.7. The van der Waals surface area contributed by atoms with Gasteiger partial charge in [-0.3, -0.25) is 4.79 Å². The van der Waals surface area contributed by atoms with Gasteiger partial charge in [0.1, 0.15) is 0 Å². The molecule has 1 unspecified atom stereocenters. The second kappa shape index (κ2) is 6.58. The highest BCUT2D eigenvalue weighted by Crippen LogP contribution is 2.19. The van der Waals surface area contributed by atoms with E-state index in [1.807, 2.05) is 12.1 Å². The van der Waals surface area contributed by atoms with Crippen molar-refractivity contribution in [2.45, 2.75) is 38.8 Å². The van der Waals surface area contributed by atoms with Crippen LogP contribution in [0.3, 0.4) is 0 Å². The Balaban J connectivity index is 1.64. The molecule has 1 aromatic rings. The lowest BCUT2D eigenvalue weighted by Crippen LogP contribution is -2.41. The van der Waals surface area contributed by atoms with Crippen LogP contribution in [-0.4, -0.2) is 43.0 Å². The summed E-state index contributed by atoms with van der Waals surface area (Å²) in [7, 11) is 0. The summed E-state index contributed by atoms with van der Waals surface area (Å²) in [6.45, 7) is 7.25. The van der Waals surface area contributed by atoms with E-state index >= 15 is 0 Å². The summed E-state index contributed by atoms with van der Waals surface area (Å²) in [6.07, 6.45) is 3.53. The van der Waals surface area contributed by atoms with E-state index in [1.165, 1.54) is 37.1 Å². The van der Waals surface area contributed by atoms with Gasteiger partial charge in [0, 0.05) is 24.7 Å². The molecule has 1 aromatic carbocycles. The molecule has 3 rings (SSSR count). The first-order valence-electron chi connectivity index (χ1n) is 8.09. The van der Waals surface area contributed by atoms with Gasteiger partial charge in [-0.05, 0) is 63.0 Å². The van der Waals surface area contributed by atoms with Crippen LogP contribution in [0.1, 0.15) is 41.3 Å². The van der Waals surface area contributed by atoms with Crippen LogP contribution in [0.15, 0.2) is 18.2 Å². The summed E-state index contributed by atoms with van der Waals surface area (Å²) in [4.78, 5) is 15.0. The topological polar surface area (TPSA) is 44.4 Å². The molecule has 114 valence electrons. The summed E-state index contributed by atoms with van der Waals surface area (Å²) in [6, 6.07) is 6.27. The minimum absolute atomic E-state index is 0.0837. The van der Waals surface area contributed by atoms with Crippen LogP contribution in [0.2, 0.25) is 0 Å². The SMILES string of the molecule is CC(CN1CCCC1)NC(=O)c1cccc2c1CCNC2. The molecule has 21 heavy (non-hydrogen) atoms. The lowest BCUT2D eigenvalue weighted by molar-refractivity contribution is 0.0930. The number of hydrogen-bond acceptors (Lipinski definition) is 3. The van der Waals surface area contributed by atoms with Gasteiger partial charge in [0.25, 0.3) is 5.91 Å². The Labute approximate surface area is 126 Å². The number of amides is 1. The Kier molecular flexibility index (Phi) is 4.56. The molecule has 4 nitrogen and oxygen atoms in total. The van der Waals surface area contributed by atoms with Gasteiger partial charge in [-0.25, -0.2) is 0 Å². The molecule has 1 amide bonds. The van der Waals surface area contributed by atoms with Gasteiger partial charge in [0.2, 0.25) is 0 Å². The fourth-order valence-electron chi connectivity index (χ4n) is 3.44. The fourth-order valence-corrected chi connectivity index (χ4v) is 3.44. The zero-order valence-corrected chi connectivity index (χ0v) is 12.8. The molecule has 2 heterocycles. The number of carbonyl (C=O) groups excluding carboxylic acids is 1. The standard InChI is InChI=1S/C17H25N3O/c1-13(12-20-9-2-3-10-20)19-17(21)16-6-4-5-14-11-18-8-7-15(14)16/h4-6,13,18H,2-3,7-12H2,1H3,(H,19,21). The molecule has 2 aliphatic heterocycles. The number of benzene rings is 1. The van der Waals surface area contributed by atoms with E-state index < -0.39 is 0 Å². The molecule has 1 fully saturated rings. The van der Waals surface area contributed by atoms with Gasteiger partial charge in [-0.15, -0.1) is 0 Å². The summed E-state index contributed by atoms with van der Waals surface area (Å²) < 4.78 is 0. The number of rotatable bonds is 4. The van der Waals surface area contributed by atoms with Crippen molar-refractivity contribution in [3.63, 3.8) is 0 Å². The monoisotopic (exact) mass is 287 g/mol. The molecule has 0 aliphatic carbocycles. The Morgan fingerprint density at radius 3 is 3.00 bits per heavy atom. The summed E-state index contributed by atoms with van der Waals surface area (Å²) in [5.74, 6) is 0.0837. The molecule has 1 saturated heterocycles. The van der Waals surface area contributed by atoms with Crippen LogP contribution in [-0.2, 0) is 13.0 Å². The van der Waals surface area contributed by atoms with Crippen molar-refractivity contribution < 1.29 is 4.79 Å². The average molecular weight is 287 g/mol. The van der Waals surface area contributed by atoms with Crippen molar-refractivity contribution in [2.75, 3.05) is 26.2 Å². The van der Waals surface area contributed by atoms with E-state index in [4.69, 9.17) is 0 Å². The molecule has 1 atom stereocenters. The van der Waals surface area contributed by atoms with E-state index in [1.54, 1.807) is 0 Å². The number of hydrogen-bond donors (Lipinski definition) is 2. The zero-order valence-electron chi connectivity index (χ0n) is 12.8. The van der Waals surface area contributed by atoms with Gasteiger partial charge in [-0.1, -0.05) is 12.1 Å². The third-order valence-electron chi connectivity index (χ3n) is 4.49. The molecular formula is C17H25N3O. The summed E-state index contributed by atoms with van der Waals surface area (Å²) in [5, 5.41) is 6.53. The largest absolute Gasteiger partial charge is 0.348 e. The second-order valence-electron chi connectivity index (χ2n) is 6.25. The van der Waals surface area contributed by atoms with Gasteiger partial charge < -0.3 is 15.5 Å². The molecule has 4 heteroatoms. The number of nitrogens with one attached hydrogen (secondary N) is 2. The Bertz CT molecular complexity index is 509. The number of likely N-dealkylation sites (tertiary alicyclic amines) is 1. The molecular weight excluding hydrogens is 262 g/mol. The van der Waals surface area contributed by atoms with Crippen molar-refractivity contribution in [1.82, 2.24) is 15.5 Å². The first-order valence-corrected chi connectivity index (χ1v) is 8.09. The van der Waals surface area contributed by atoms with Crippen molar-refractivity contribution in [2.24, 2.45) is 0 Å². The average Bonchev–Trinajstić information content (AvgIpc) is 2.99. The summed E-state index contributed by atoms with van der Waals surface area (Å²) >= 11 is 0. The smallest absolute Gasteiger partial charge is 0.251 e. The highest BCUT2D eigenvalue weighted by atomic mass is 16.1. The number of nitrogens with zero attached hydrogens (tertiary/aromatic N) is 1. The molecule has 0 radical (unpaired) electrons. The second-order valence-corrected chi connectivity index (χ2v) is 6.25. The maximum atomic E-state index is 12.6. The van der Waals surface area contributed by atoms with Crippen LogP contribution in [0.25, 0.3) is 0 Å². The third kappa shape index (κ3) is 3.44.